The number of ether oxygens (including phenoxy) is 1. The number of fused-ring (bicyclic) bond motifs is 1. The molecule has 0 fully saturated rings. The number of hydrogen-bond donors (Lipinski definition) is 1. The molecule has 0 aliphatic carbocycles. The van der Waals surface area contributed by atoms with Crippen LogP contribution in [0.1, 0.15) is 27.2 Å². The lowest BCUT2D eigenvalue weighted by Gasteiger charge is -2.10. The lowest BCUT2D eigenvalue weighted by atomic mass is 10.1. The van der Waals surface area contributed by atoms with Gasteiger partial charge in [0, 0.05) is 17.5 Å². The molecule has 0 atom stereocenters. The molecule has 8 heteroatoms. The number of aromatic nitrogens is 3. The Balaban J connectivity index is 1.31. The standard InChI is InChI=1S/C27H24N4O3S/c1-33-22-10-6-20(7-11-22)18-35-27-30-24-12-13-28-16-25(24)31(27)17-19-4-8-21(9-5-19)26(32)29-15-23-3-2-14-34-23/h2-14,16H,15,17-18H2,1H3,(H,29,32). The fourth-order valence-electron chi connectivity index (χ4n) is 3.71. The molecule has 0 saturated carbocycles. The summed E-state index contributed by atoms with van der Waals surface area (Å²) in [5.41, 5.74) is 4.75. The summed E-state index contributed by atoms with van der Waals surface area (Å²) >= 11 is 1.68. The third kappa shape index (κ3) is 5.38. The molecule has 0 unspecified atom stereocenters. The highest BCUT2D eigenvalue weighted by Gasteiger charge is 2.13. The van der Waals surface area contributed by atoms with Crippen molar-refractivity contribution in [2.24, 2.45) is 0 Å². The number of rotatable bonds is 9. The van der Waals surface area contributed by atoms with E-state index >= 15 is 0 Å². The number of carbonyl (C=O) groups excluding carboxylic acids is 1. The van der Waals surface area contributed by atoms with Crippen LogP contribution in [-0.4, -0.2) is 27.6 Å². The first kappa shape index (κ1) is 22.7. The van der Waals surface area contributed by atoms with Gasteiger partial charge in [-0.2, -0.15) is 0 Å². The fraction of sp³-hybridized carbons (Fsp3) is 0.148. The molecule has 3 heterocycles. The summed E-state index contributed by atoms with van der Waals surface area (Å²) in [6, 6.07) is 21.3. The predicted molar refractivity (Wildman–Crippen MR) is 136 cm³/mol. The summed E-state index contributed by atoms with van der Waals surface area (Å²) in [5.74, 6) is 2.21. The molecule has 0 aliphatic heterocycles. The van der Waals surface area contributed by atoms with E-state index in [0.29, 0.717) is 18.7 Å². The average molecular weight is 485 g/mol. The van der Waals surface area contributed by atoms with Crippen LogP contribution in [0, 0.1) is 0 Å². The van der Waals surface area contributed by atoms with Gasteiger partial charge in [0.1, 0.15) is 11.5 Å². The summed E-state index contributed by atoms with van der Waals surface area (Å²) in [7, 11) is 1.67. The Morgan fingerprint density at radius 1 is 1.06 bits per heavy atom. The molecule has 1 N–H and O–H groups in total. The summed E-state index contributed by atoms with van der Waals surface area (Å²) in [6.45, 7) is 0.984. The van der Waals surface area contributed by atoms with Gasteiger partial charge in [0.15, 0.2) is 5.16 Å². The molecule has 0 aliphatic rings. The number of carbonyl (C=O) groups is 1. The van der Waals surface area contributed by atoms with Crippen molar-refractivity contribution in [3.63, 3.8) is 0 Å². The van der Waals surface area contributed by atoms with Gasteiger partial charge >= 0.3 is 0 Å². The van der Waals surface area contributed by atoms with E-state index in [9.17, 15) is 4.79 Å². The van der Waals surface area contributed by atoms with Crippen LogP contribution in [0.3, 0.4) is 0 Å². The first-order valence-electron chi connectivity index (χ1n) is 11.1. The second-order valence-electron chi connectivity index (χ2n) is 7.94. The highest BCUT2D eigenvalue weighted by Crippen LogP contribution is 2.28. The van der Waals surface area contributed by atoms with Gasteiger partial charge in [-0.1, -0.05) is 36.0 Å². The SMILES string of the molecule is COc1ccc(CSc2nc3ccncc3n2Cc2ccc(C(=O)NCc3ccco3)cc2)cc1. The van der Waals surface area contributed by atoms with Crippen LogP contribution in [0.15, 0.2) is 95.0 Å². The molecule has 7 nitrogen and oxygen atoms in total. The van der Waals surface area contributed by atoms with Crippen molar-refractivity contribution in [3.05, 3.63) is 108 Å². The van der Waals surface area contributed by atoms with Crippen LogP contribution in [0.4, 0.5) is 0 Å². The van der Waals surface area contributed by atoms with E-state index < -0.39 is 0 Å². The van der Waals surface area contributed by atoms with Crippen molar-refractivity contribution >= 4 is 28.7 Å². The molecule has 2 aromatic carbocycles. The van der Waals surface area contributed by atoms with Gasteiger partial charge in [0.2, 0.25) is 0 Å². The highest BCUT2D eigenvalue weighted by molar-refractivity contribution is 7.98. The number of methoxy groups -OCH3 is 1. The Morgan fingerprint density at radius 2 is 1.86 bits per heavy atom. The molecule has 0 spiro atoms. The van der Waals surface area contributed by atoms with Gasteiger partial charge in [-0.25, -0.2) is 4.98 Å². The minimum Gasteiger partial charge on any atom is -0.497 e. The van der Waals surface area contributed by atoms with Crippen LogP contribution in [-0.2, 0) is 18.8 Å². The minimum absolute atomic E-state index is 0.138. The fourth-order valence-corrected chi connectivity index (χ4v) is 4.68. The molecule has 3 aromatic heterocycles. The predicted octanol–water partition coefficient (Wildman–Crippen LogP) is 5.30. The van der Waals surface area contributed by atoms with Crippen molar-refractivity contribution in [3.8, 4) is 5.75 Å². The zero-order valence-corrected chi connectivity index (χ0v) is 20.0. The van der Waals surface area contributed by atoms with Gasteiger partial charge in [0.05, 0.1) is 43.7 Å². The molecule has 5 rings (SSSR count). The lowest BCUT2D eigenvalue weighted by molar-refractivity contribution is 0.0948. The zero-order valence-electron chi connectivity index (χ0n) is 19.2. The Labute approximate surface area is 207 Å². The molecular weight excluding hydrogens is 460 g/mol. The number of amides is 1. The van der Waals surface area contributed by atoms with Gasteiger partial charge in [-0.3, -0.25) is 9.78 Å². The summed E-state index contributed by atoms with van der Waals surface area (Å²) in [5, 5.41) is 3.79. The van der Waals surface area contributed by atoms with Crippen molar-refractivity contribution in [2.45, 2.75) is 24.0 Å². The zero-order chi connectivity index (χ0) is 24.0. The van der Waals surface area contributed by atoms with E-state index in [4.69, 9.17) is 14.1 Å². The van der Waals surface area contributed by atoms with Crippen LogP contribution < -0.4 is 10.1 Å². The summed E-state index contributed by atoms with van der Waals surface area (Å²) in [6.07, 6.45) is 5.19. The highest BCUT2D eigenvalue weighted by atomic mass is 32.2. The van der Waals surface area contributed by atoms with Gasteiger partial charge in [-0.05, 0) is 53.6 Å². The number of nitrogens with zero attached hydrogens (tertiary/aromatic N) is 3. The second kappa shape index (κ2) is 10.5. The molecule has 1 amide bonds. The van der Waals surface area contributed by atoms with Gasteiger partial charge in [-0.15, -0.1) is 0 Å². The van der Waals surface area contributed by atoms with Crippen molar-refractivity contribution in [1.82, 2.24) is 19.9 Å². The third-order valence-corrected chi connectivity index (χ3v) is 6.65. The monoisotopic (exact) mass is 484 g/mol. The van der Waals surface area contributed by atoms with E-state index in [-0.39, 0.29) is 5.91 Å². The molecule has 0 saturated heterocycles. The number of imidazole rings is 1. The van der Waals surface area contributed by atoms with E-state index in [1.165, 1.54) is 5.56 Å². The van der Waals surface area contributed by atoms with Crippen molar-refractivity contribution in [1.29, 1.82) is 0 Å². The van der Waals surface area contributed by atoms with Crippen LogP contribution >= 0.6 is 11.8 Å². The van der Waals surface area contributed by atoms with Crippen LogP contribution in [0.2, 0.25) is 0 Å². The van der Waals surface area contributed by atoms with Gasteiger partial charge in [0.25, 0.3) is 5.91 Å². The van der Waals surface area contributed by atoms with E-state index in [2.05, 4.69) is 27.0 Å². The molecule has 5 aromatic rings. The normalized spacial score (nSPS) is 11.0. The smallest absolute Gasteiger partial charge is 0.251 e. The van der Waals surface area contributed by atoms with E-state index in [1.807, 2.05) is 54.7 Å². The van der Waals surface area contributed by atoms with E-state index in [0.717, 1.165) is 39.0 Å². The maximum Gasteiger partial charge on any atom is 0.251 e. The first-order chi connectivity index (χ1) is 17.2. The summed E-state index contributed by atoms with van der Waals surface area (Å²) < 4.78 is 12.7. The number of furan rings is 1. The third-order valence-electron chi connectivity index (χ3n) is 5.60. The molecule has 0 radical (unpaired) electrons. The Morgan fingerprint density at radius 3 is 2.60 bits per heavy atom. The maximum atomic E-state index is 12.5. The number of nitrogens with one attached hydrogen (secondary N) is 1. The second-order valence-corrected chi connectivity index (χ2v) is 8.88. The van der Waals surface area contributed by atoms with E-state index in [1.54, 1.807) is 37.4 Å². The quantitative estimate of drug-likeness (QED) is 0.286. The molecule has 0 bridgehead atoms. The number of hydrogen-bond acceptors (Lipinski definition) is 6. The molecular formula is C27H24N4O3S. The van der Waals surface area contributed by atoms with Crippen molar-refractivity contribution < 1.29 is 13.9 Å². The first-order valence-corrected chi connectivity index (χ1v) is 12.1. The lowest BCUT2D eigenvalue weighted by Crippen LogP contribution is -2.22. The summed E-state index contributed by atoms with van der Waals surface area (Å²) in [4.78, 5) is 21.6. The largest absolute Gasteiger partial charge is 0.497 e. The number of thioether (sulfide) groups is 1. The van der Waals surface area contributed by atoms with Crippen molar-refractivity contribution in [2.75, 3.05) is 7.11 Å². The number of benzene rings is 2. The molecule has 176 valence electrons. The van der Waals surface area contributed by atoms with Crippen LogP contribution in [0.25, 0.3) is 11.0 Å². The molecule has 35 heavy (non-hydrogen) atoms. The minimum atomic E-state index is -0.138. The Hall–Kier alpha value is -4.04. The Bertz CT molecular complexity index is 1410. The Kier molecular flexibility index (Phi) is 6.81. The topological polar surface area (TPSA) is 82.2 Å². The number of pyridine rings is 1. The average Bonchev–Trinajstić information content (AvgIpc) is 3.55. The maximum absolute atomic E-state index is 12.5. The van der Waals surface area contributed by atoms with Crippen LogP contribution in [0.5, 0.6) is 5.75 Å². The van der Waals surface area contributed by atoms with Gasteiger partial charge < -0.3 is 19.0 Å².